The summed E-state index contributed by atoms with van der Waals surface area (Å²) in [6.07, 6.45) is 0. The number of aryl methyl sites for hydroxylation is 1. The zero-order valence-electron chi connectivity index (χ0n) is 8.66. The normalized spacial score (nSPS) is 12.6. The molecule has 0 amide bonds. The Morgan fingerprint density at radius 3 is 2.50 bits per heavy atom. The number of halogens is 1. The molecule has 0 fully saturated rings. The standard InChI is InChI=1S/C13H9BrOS/c1-8-2-4-12-10(6-8)15-11-7-9(14)3-5-13(11)16-12/h2-7H,1H3. The summed E-state index contributed by atoms with van der Waals surface area (Å²) in [6, 6.07) is 12.4. The first-order valence-electron chi connectivity index (χ1n) is 4.98. The van der Waals surface area contributed by atoms with Crippen LogP contribution in [0.5, 0.6) is 11.5 Å². The summed E-state index contributed by atoms with van der Waals surface area (Å²) >= 11 is 5.21. The zero-order valence-corrected chi connectivity index (χ0v) is 11.1. The van der Waals surface area contributed by atoms with E-state index in [1.54, 1.807) is 11.8 Å². The Hall–Kier alpha value is -0.930. The van der Waals surface area contributed by atoms with Gasteiger partial charge in [-0.05, 0) is 42.8 Å². The lowest BCUT2D eigenvalue weighted by molar-refractivity contribution is 0.454. The van der Waals surface area contributed by atoms with Gasteiger partial charge in [0.2, 0.25) is 0 Å². The number of fused-ring (bicyclic) bond motifs is 2. The van der Waals surface area contributed by atoms with Crippen LogP contribution in [0.3, 0.4) is 0 Å². The predicted octanol–water partition coefficient (Wildman–Crippen LogP) is 5.01. The maximum absolute atomic E-state index is 5.89. The second kappa shape index (κ2) is 3.82. The van der Waals surface area contributed by atoms with Crippen molar-refractivity contribution in [3.8, 4) is 11.5 Å². The van der Waals surface area contributed by atoms with Crippen molar-refractivity contribution in [2.24, 2.45) is 0 Å². The lowest BCUT2D eigenvalue weighted by Gasteiger charge is -2.19. The average molecular weight is 293 g/mol. The van der Waals surface area contributed by atoms with Crippen LogP contribution in [0.4, 0.5) is 0 Å². The van der Waals surface area contributed by atoms with Gasteiger partial charge in [-0.2, -0.15) is 0 Å². The van der Waals surface area contributed by atoms with Gasteiger partial charge in [0.15, 0.2) is 0 Å². The third kappa shape index (κ3) is 1.74. The summed E-state index contributed by atoms with van der Waals surface area (Å²) in [4.78, 5) is 2.35. The van der Waals surface area contributed by atoms with Gasteiger partial charge in [-0.3, -0.25) is 0 Å². The molecule has 2 aromatic rings. The monoisotopic (exact) mass is 292 g/mol. The number of hydrogen-bond donors (Lipinski definition) is 0. The Morgan fingerprint density at radius 1 is 1.00 bits per heavy atom. The molecule has 80 valence electrons. The fourth-order valence-electron chi connectivity index (χ4n) is 1.66. The zero-order chi connectivity index (χ0) is 11.1. The van der Waals surface area contributed by atoms with Crippen molar-refractivity contribution in [2.45, 2.75) is 16.7 Å². The maximum Gasteiger partial charge on any atom is 0.142 e. The second-order valence-electron chi connectivity index (χ2n) is 3.75. The third-order valence-corrected chi connectivity index (χ3v) is 4.05. The highest BCUT2D eigenvalue weighted by molar-refractivity contribution is 9.10. The molecule has 0 spiro atoms. The van der Waals surface area contributed by atoms with Crippen LogP contribution in [0.15, 0.2) is 50.7 Å². The first kappa shape index (κ1) is 10.2. The summed E-state index contributed by atoms with van der Waals surface area (Å²) in [5, 5.41) is 0. The molecule has 0 unspecified atom stereocenters. The molecule has 2 aromatic carbocycles. The average Bonchev–Trinajstić information content (AvgIpc) is 2.26. The Labute approximate surface area is 107 Å². The lowest BCUT2D eigenvalue weighted by atomic mass is 10.2. The van der Waals surface area contributed by atoms with Crippen molar-refractivity contribution in [3.63, 3.8) is 0 Å². The van der Waals surface area contributed by atoms with Gasteiger partial charge in [0.1, 0.15) is 11.5 Å². The molecule has 0 bridgehead atoms. The third-order valence-electron chi connectivity index (χ3n) is 2.44. The van der Waals surface area contributed by atoms with Crippen LogP contribution in [0, 0.1) is 6.92 Å². The molecule has 1 heterocycles. The molecular weight excluding hydrogens is 284 g/mol. The second-order valence-corrected chi connectivity index (χ2v) is 5.74. The summed E-state index contributed by atoms with van der Waals surface area (Å²) in [6.45, 7) is 2.07. The van der Waals surface area contributed by atoms with Crippen LogP contribution >= 0.6 is 27.7 Å². The number of ether oxygens (including phenoxy) is 1. The molecule has 0 saturated carbocycles. The number of rotatable bonds is 0. The van der Waals surface area contributed by atoms with E-state index in [0.29, 0.717) is 0 Å². The molecule has 0 radical (unpaired) electrons. The molecule has 0 aliphatic carbocycles. The quantitative estimate of drug-likeness (QED) is 0.576. The van der Waals surface area contributed by atoms with E-state index in [2.05, 4.69) is 47.1 Å². The minimum Gasteiger partial charge on any atom is -0.455 e. The smallest absolute Gasteiger partial charge is 0.142 e. The van der Waals surface area contributed by atoms with Gasteiger partial charge < -0.3 is 4.74 Å². The van der Waals surface area contributed by atoms with Crippen LogP contribution < -0.4 is 4.74 Å². The Kier molecular flexibility index (Phi) is 2.45. The van der Waals surface area contributed by atoms with E-state index < -0.39 is 0 Å². The highest BCUT2D eigenvalue weighted by Crippen LogP contribution is 2.47. The van der Waals surface area contributed by atoms with Gasteiger partial charge in [0.25, 0.3) is 0 Å². The number of benzene rings is 2. The summed E-state index contributed by atoms with van der Waals surface area (Å²) in [5.41, 5.74) is 1.22. The minimum absolute atomic E-state index is 0.928. The fourth-order valence-corrected chi connectivity index (χ4v) is 2.91. The van der Waals surface area contributed by atoms with E-state index in [1.165, 1.54) is 15.4 Å². The molecule has 0 aromatic heterocycles. The molecule has 0 N–H and O–H groups in total. The van der Waals surface area contributed by atoms with E-state index in [9.17, 15) is 0 Å². The van der Waals surface area contributed by atoms with E-state index in [1.807, 2.05) is 12.1 Å². The van der Waals surface area contributed by atoms with Gasteiger partial charge in [-0.25, -0.2) is 0 Å². The fraction of sp³-hybridized carbons (Fsp3) is 0.0769. The molecule has 3 rings (SSSR count). The van der Waals surface area contributed by atoms with E-state index >= 15 is 0 Å². The van der Waals surface area contributed by atoms with Crippen molar-refractivity contribution in [3.05, 3.63) is 46.4 Å². The number of hydrogen-bond acceptors (Lipinski definition) is 2. The van der Waals surface area contributed by atoms with Gasteiger partial charge in [-0.1, -0.05) is 33.8 Å². The van der Waals surface area contributed by atoms with Crippen molar-refractivity contribution < 1.29 is 4.74 Å². The Balaban J connectivity index is 2.10. The predicted molar refractivity (Wildman–Crippen MR) is 69.5 cm³/mol. The SMILES string of the molecule is Cc1ccc2c(c1)Oc1cc(Br)ccc1S2. The van der Waals surface area contributed by atoms with Gasteiger partial charge in [0.05, 0.1) is 9.79 Å². The van der Waals surface area contributed by atoms with Crippen molar-refractivity contribution >= 4 is 27.7 Å². The van der Waals surface area contributed by atoms with Gasteiger partial charge in [0, 0.05) is 4.47 Å². The molecule has 0 atom stereocenters. The summed E-state index contributed by atoms with van der Waals surface area (Å²) in [7, 11) is 0. The molecule has 0 saturated heterocycles. The van der Waals surface area contributed by atoms with E-state index in [4.69, 9.17) is 4.74 Å². The highest BCUT2D eigenvalue weighted by Gasteiger charge is 2.17. The Morgan fingerprint density at radius 2 is 1.69 bits per heavy atom. The van der Waals surface area contributed by atoms with E-state index in [-0.39, 0.29) is 0 Å². The van der Waals surface area contributed by atoms with Crippen LogP contribution in [-0.2, 0) is 0 Å². The summed E-state index contributed by atoms with van der Waals surface area (Å²) in [5.74, 6) is 1.88. The van der Waals surface area contributed by atoms with Crippen molar-refractivity contribution in [2.75, 3.05) is 0 Å². The summed E-state index contributed by atoms with van der Waals surface area (Å²) < 4.78 is 6.93. The maximum atomic E-state index is 5.89. The topological polar surface area (TPSA) is 9.23 Å². The molecular formula is C13H9BrOS. The highest BCUT2D eigenvalue weighted by atomic mass is 79.9. The molecule has 16 heavy (non-hydrogen) atoms. The first-order valence-corrected chi connectivity index (χ1v) is 6.59. The van der Waals surface area contributed by atoms with E-state index in [0.717, 1.165) is 16.0 Å². The molecule has 1 aliphatic heterocycles. The van der Waals surface area contributed by atoms with Crippen LogP contribution in [0.25, 0.3) is 0 Å². The van der Waals surface area contributed by atoms with Gasteiger partial charge >= 0.3 is 0 Å². The van der Waals surface area contributed by atoms with Gasteiger partial charge in [-0.15, -0.1) is 0 Å². The largest absolute Gasteiger partial charge is 0.455 e. The lowest BCUT2D eigenvalue weighted by Crippen LogP contribution is -1.95. The van der Waals surface area contributed by atoms with Crippen LogP contribution in [0.2, 0.25) is 0 Å². The van der Waals surface area contributed by atoms with Crippen LogP contribution in [0.1, 0.15) is 5.56 Å². The molecule has 3 heteroatoms. The Bertz CT molecular complexity index is 516. The molecule has 1 nitrogen and oxygen atoms in total. The van der Waals surface area contributed by atoms with Crippen molar-refractivity contribution in [1.29, 1.82) is 0 Å². The van der Waals surface area contributed by atoms with Crippen LogP contribution in [-0.4, -0.2) is 0 Å². The molecule has 1 aliphatic rings. The first-order chi connectivity index (χ1) is 7.72. The minimum atomic E-state index is 0.928. The van der Waals surface area contributed by atoms with Crippen molar-refractivity contribution in [1.82, 2.24) is 0 Å².